The van der Waals surface area contributed by atoms with Crippen LogP contribution in [0, 0.1) is 11.7 Å². The van der Waals surface area contributed by atoms with Crippen LogP contribution in [0.3, 0.4) is 0 Å². The summed E-state index contributed by atoms with van der Waals surface area (Å²) in [5, 5.41) is 0. The van der Waals surface area contributed by atoms with E-state index < -0.39 is 0 Å². The molecule has 0 aliphatic heterocycles. The Balaban J connectivity index is 2.54. The van der Waals surface area contributed by atoms with Crippen molar-refractivity contribution in [3.8, 4) is 11.4 Å². The smallest absolute Gasteiger partial charge is 0.162 e. The van der Waals surface area contributed by atoms with Gasteiger partial charge in [-0.2, -0.15) is 0 Å². The predicted octanol–water partition coefficient (Wildman–Crippen LogP) is 4.59. The fourth-order valence-corrected chi connectivity index (χ4v) is 2.69. The van der Waals surface area contributed by atoms with Crippen molar-refractivity contribution in [3.63, 3.8) is 0 Å². The minimum Gasteiger partial charge on any atom is -0.383 e. The fraction of sp³-hybridized carbons (Fsp3) is 0.286. The molecule has 1 aromatic heterocycles. The highest BCUT2D eigenvalue weighted by Gasteiger charge is 2.14. The Morgan fingerprint density at radius 3 is 2.55 bits per heavy atom. The van der Waals surface area contributed by atoms with Crippen molar-refractivity contribution in [2.75, 3.05) is 5.73 Å². The Morgan fingerprint density at radius 1 is 1.25 bits per heavy atom. The SMILES string of the molecule is CC(C)Cc1nc(-c2ccc(F)cc2Br)nc(N)c1Br. The van der Waals surface area contributed by atoms with Gasteiger partial charge in [0, 0.05) is 10.0 Å². The minimum atomic E-state index is -0.312. The Bertz CT molecular complexity index is 645. The van der Waals surface area contributed by atoms with Gasteiger partial charge >= 0.3 is 0 Å². The van der Waals surface area contributed by atoms with Crippen LogP contribution < -0.4 is 5.73 Å². The summed E-state index contributed by atoms with van der Waals surface area (Å²) in [6.45, 7) is 4.22. The summed E-state index contributed by atoms with van der Waals surface area (Å²) in [6.07, 6.45) is 0.791. The lowest BCUT2D eigenvalue weighted by Crippen LogP contribution is -2.06. The average molecular weight is 403 g/mol. The number of nitrogen functional groups attached to an aromatic ring is 1. The van der Waals surface area contributed by atoms with E-state index in [-0.39, 0.29) is 5.82 Å². The van der Waals surface area contributed by atoms with Crippen LogP contribution in [0.15, 0.2) is 27.1 Å². The lowest BCUT2D eigenvalue weighted by atomic mass is 10.1. The van der Waals surface area contributed by atoms with Crippen LogP contribution in [0.4, 0.5) is 10.2 Å². The van der Waals surface area contributed by atoms with E-state index in [9.17, 15) is 4.39 Å². The van der Waals surface area contributed by atoms with Crippen LogP contribution in [0.2, 0.25) is 0 Å². The molecule has 0 saturated heterocycles. The van der Waals surface area contributed by atoms with E-state index in [1.54, 1.807) is 6.07 Å². The van der Waals surface area contributed by atoms with Crippen molar-refractivity contribution in [1.82, 2.24) is 9.97 Å². The molecule has 2 N–H and O–H groups in total. The summed E-state index contributed by atoms with van der Waals surface area (Å²) in [4.78, 5) is 8.81. The molecule has 0 amide bonds. The highest BCUT2D eigenvalue weighted by atomic mass is 79.9. The monoisotopic (exact) mass is 401 g/mol. The second-order valence-electron chi connectivity index (χ2n) is 4.92. The van der Waals surface area contributed by atoms with Gasteiger partial charge in [-0.15, -0.1) is 0 Å². The van der Waals surface area contributed by atoms with Gasteiger partial charge in [0.15, 0.2) is 5.82 Å². The van der Waals surface area contributed by atoms with Crippen molar-refractivity contribution in [2.24, 2.45) is 5.92 Å². The van der Waals surface area contributed by atoms with Crippen LogP contribution in [-0.4, -0.2) is 9.97 Å². The summed E-state index contributed by atoms with van der Waals surface area (Å²) in [5.74, 6) is 1.02. The van der Waals surface area contributed by atoms with E-state index in [1.165, 1.54) is 12.1 Å². The molecule has 0 aliphatic carbocycles. The number of aromatic nitrogens is 2. The number of nitrogens with zero attached hydrogens (tertiary/aromatic N) is 2. The molecule has 6 heteroatoms. The van der Waals surface area contributed by atoms with E-state index in [0.717, 1.165) is 22.2 Å². The summed E-state index contributed by atoms with van der Waals surface area (Å²) in [6, 6.07) is 4.41. The second-order valence-corrected chi connectivity index (χ2v) is 6.56. The zero-order valence-corrected chi connectivity index (χ0v) is 14.3. The van der Waals surface area contributed by atoms with E-state index in [0.29, 0.717) is 22.0 Å². The molecule has 3 nitrogen and oxygen atoms in total. The maximum Gasteiger partial charge on any atom is 0.162 e. The van der Waals surface area contributed by atoms with E-state index in [1.807, 2.05) is 0 Å². The third-order valence-corrected chi connectivity index (χ3v) is 4.24. The lowest BCUT2D eigenvalue weighted by Gasteiger charge is -2.11. The van der Waals surface area contributed by atoms with Crippen LogP contribution in [0.5, 0.6) is 0 Å². The molecular formula is C14H14Br2FN3. The number of hydrogen-bond donors (Lipinski definition) is 1. The molecule has 0 fully saturated rings. The molecule has 0 radical (unpaired) electrons. The van der Waals surface area contributed by atoms with Gasteiger partial charge in [0.05, 0.1) is 10.2 Å². The summed E-state index contributed by atoms with van der Waals surface area (Å²) >= 11 is 6.75. The highest BCUT2D eigenvalue weighted by Crippen LogP contribution is 2.30. The first-order chi connectivity index (χ1) is 9.38. The normalized spacial score (nSPS) is 11.1. The molecule has 0 saturated carbocycles. The van der Waals surface area contributed by atoms with Crippen molar-refractivity contribution in [2.45, 2.75) is 20.3 Å². The quantitative estimate of drug-likeness (QED) is 0.816. The molecule has 2 aromatic rings. The fourth-order valence-electron chi connectivity index (χ4n) is 1.83. The molecule has 1 heterocycles. The van der Waals surface area contributed by atoms with Gasteiger partial charge in [-0.1, -0.05) is 13.8 Å². The third kappa shape index (κ3) is 3.35. The molecule has 0 atom stereocenters. The van der Waals surface area contributed by atoms with Crippen LogP contribution in [-0.2, 0) is 6.42 Å². The summed E-state index contributed by atoms with van der Waals surface area (Å²) in [5.41, 5.74) is 7.51. The molecular weight excluding hydrogens is 389 g/mol. The number of anilines is 1. The van der Waals surface area contributed by atoms with Crippen LogP contribution in [0.1, 0.15) is 19.5 Å². The average Bonchev–Trinajstić information content (AvgIpc) is 2.34. The van der Waals surface area contributed by atoms with Gasteiger partial charge in [-0.3, -0.25) is 0 Å². The van der Waals surface area contributed by atoms with Crippen molar-refractivity contribution < 1.29 is 4.39 Å². The van der Waals surface area contributed by atoms with Crippen molar-refractivity contribution >= 4 is 37.7 Å². The maximum absolute atomic E-state index is 13.2. The molecule has 1 aromatic carbocycles. The first-order valence-corrected chi connectivity index (χ1v) is 7.74. The van der Waals surface area contributed by atoms with Crippen molar-refractivity contribution in [3.05, 3.63) is 38.7 Å². The first kappa shape index (κ1) is 15.4. The molecule has 0 spiro atoms. The van der Waals surface area contributed by atoms with Gasteiger partial charge in [-0.25, -0.2) is 14.4 Å². The summed E-state index contributed by atoms with van der Waals surface area (Å²) < 4.78 is 14.5. The van der Waals surface area contributed by atoms with Gasteiger partial charge < -0.3 is 5.73 Å². The number of rotatable bonds is 3. The largest absolute Gasteiger partial charge is 0.383 e. The topological polar surface area (TPSA) is 51.8 Å². The lowest BCUT2D eigenvalue weighted by molar-refractivity contribution is 0.627. The number of nitrogens with two attached hydrogens (primary N) is 1. The zero-order valence-electron chi connectivity index (χ0n) is 11.1. The Hall–Kier alpha value is -1.01. The van der Waals surface area contributed by atoms with Gasteiger partial charge in [0.25, 0.3) is 0 Å². The molecule has 106 valence electrons. The summed E-state index contributed by atoms with van der Waals surface area (Å²) in [7, 11) is 0. The zero-order chi connectivity index (χ0) is 14.9. The van der Waals surface area contributed by atoms with Crippen LogP contribution in [0.25, 0.3) is 11.4 Å². The van der Waals surface area contributed by atoms with Gasteiger partial charge in [-0.05, 0) is 62.4 Å². The predicted molar refractivity (Wildman–Crippen MR) is 85.8 cm³/mol. The first-order valence-electron chi connectivity index (χ1n) is 6.15. The Labute approximate surface area is 134 Å². The van der Waals surface area contributed by atoms with Crippen molar-refractivity contribution in [1.29, 1.82) is 0 Å². The molecule has 0 bridgehead atoms. The minimum absolute atomic E-state index is 0.312. The Kier molecular flexibility index (Phi) is 4.75. The number of hydrogen-bond acceptors (Lipinski definition) is 3. The molecule has 0 aliphatic rings. The maximum atomic E-state index is 13.2. The molecule has 2 rings (SSSR count). The van der Waals surface area contributed by atoms with Gasteiger partial charge in [0.2, 0.25) is 0 Å². The number of benzene rings is 1. The molecule has 20 heavy (non-hydrogen) atoms. The van der Waals surface area contributed by atoms with E-state index in [2.05, 4.69) is 55.7 Å². The standard InChI is InChI=1S/C14H14Br2FN3/c1-7(2)5-11-12(16)13(18)20-14(19-11)9-4-3-8(17)6-10(9)15/h3-4,6-7H,5H2,1-2H3,(H2,18,19,20). The number of halogens is 3. The van der Waals surface area contributed by atoms with E-state index in [4.69, 9.17) is 5.73 Å². The highest BCUT2D eigenvalue weighted by molar-refractivity contribution is 9.11. The second kappa shape index (κ2) is 6.18. The third-order valence-electron chi connectivity index (χ3n) is 2.72. The Morgan fingerprint density at radius 2 is 1.95 bits per heavy atom. The van der Waals surface area contributed by atoms with E-state index >= 15 is 0 Å². The van der Waals surface area contributed by atoms with Gasteiger partial charge in [0.1, 0.15) is 11.6 Å². The van der Waals surface area contributed by atoms with Crippen LogP contribution >= 0.6 is 31.9 Å². The molecule has 0 unspecified atom stereocenters.